The number of nitrogens with one attached hydrogen (secondary N) is 1. The van der Waals surface area contributed by atoms with Crippen molar-refractivity contribution in [3.8, 4) is 0 Å². The molecule has 2 rings (SSSR count). The predicted molar refractivity (Wildman–Crippen MR) is 72.5 cm³/mol. The highest BCUT2D eigenvalue weighted by molar-refractivity contribution is 5.89. The van der Waals surface area contributed by atoms with Gasteiger partial charge < -0.3 is 20.9 Å². The molecule has 4 unspecified atom stereocenters. The number of hydrogen-bond acceptors (Lipinski definition) is 4. The molecule has 5 heteroatoms. The van der Waals surface area contributed by atoms with Crippen molar-refractivity contribution in [2.24, 2.45) is 17.1 Å². The van der Waals surface area contributed by atoms with Gasteiger partial charge in [0, 0.05) is 24.5 Å². The molecule has 0 spiro atoms. The van der Waals surface area contributed by atoms with Crippen molar-refractivity contribution in [1.82, 2.24) is 5.32 Å². The molecule has 1 aliphatic heterocycles. The van der Waals surface area contributed by atoms with Gasteiger partial charge in [0.05, 0.1) is 12.2 Å². The Kier molecular flexibility index (Phi) is 3.91. The number of amides is 1. The number of hydrogen-bond donors (Lipinski definition) is 3. The standard InChI is InChI=1S/C14H26N2O3/c1-4-5-9(17)8-16-12(18)14(15)10-6-7-19-11(10)13(14,2)3/h9-11,17H,4-8,15H2,1-3H3,(H,16,18). The first kappa shape index (κ1) is 14.8. The van der Waals surface area contributed by atoms with E-state index in [1.165, 1.54) is 0 Å². The highest BCUT2D eigenvalue weighted by atomic mass is 16.5. The van der Waals surface area contributed by atoms with Crippen molar-refractivity contribution >= 4 is 5.91 Å². The molecule has 4 atom stereocenters. The smallest absolute Gasteiger partial charge is 0.241 e. The summed E-state index contributed by atoms with van der Waals surface area (Å²) in [6.07, 6.45) is 2.03. The van der Waals surface area contributed by atoms with Crippen molar-refractivity contribution in [2.75, 3.05) is 13.2 Å². The molecule has 1 amide bonds. The van der Waals surface area contributed by atoms with Gasteiger partial charge in [0.2, 0.25) is 5.91 Å². The summed E-state index contributed by atoms with van der Waals surface area (Å²) in [4.78, 5) is 12.4. The second-order valence-electron chi connectivity index (χ2n) is 6.43. The number of fused-ring (bicyclic) bond motifs is 1. The van der Waals surface area contributed by atoms with Crippen molar-refractivity contribution in [3.05, 3.63) is 0 Å². The first-order chi connectivity index (χ1) is 8.85. The van der Waals surface area contributed by atoms with E-state index in [0.29, 0.717) is 13.0 Å². The lowest BCUT2D eigenvalue weighted by molar-refractivity contribution is -0.175. The zero-order valence-corrected chi connectivity index (χ0v) is 12.1. The second kappa shape index (κ2) is 5.04. The van der Waals surface area contributed by atoms with E-state index in [2.05, 4.69) is 5.32 Å². The van der Waals surface area contributed by atoms with Gasteiger partial charge in [-0.3, -0.25) is 4.79 Å². The molecule has 1 aliphatic carbocycles. The third-order valence-corrected chi connectivity index (χ3v) is 4.95. The topological polar surface area (TPSA) is 84.6 Å². The normalized spacial score (nSPS) is 37.3. The highest BCUT2D eigenvalue weighted by Crippen LogP contribution is 2.58. The van der Waals surface area contributed by atoms with Crippen LogP contribution in [0, 0.1) is 11.3 Å². The van der Waals surface area contributed by atoms with E-state index < -0.39 is 11.6 Å². The van der Waals surface area contributed by atoms with Crippen LogP contribution < -0.4 is 11.1 Å². The average molecular weight is 270 g/mol. The van der Waals surface area contributed by atoms with Gasteiger partial charge in [0.1, 0.15) is 5.54 Å². The Balaban J connectivity index is 1.98. The Morgan fingerprint density at radius 3 is 2.89 bits per heavy atom. The fourth-order valence-electron chi connectivity index (χ4n) is 3.64. The van der Waals surface area contributed by atoms with Gasteiger partial charge >= 0.3 is 0 Å². The molecule has 5 nitrogen and oxygen atoms in total. The molecular weight excluding hydrogens is 244 g/mol. The maximum absolute atomic E-state index is 12.4. The maximum atomic E-state index is 12.4. The number of aliphatic hydroxyl groups excluding tert-OH is 1. The van der Waals surface area contributed by atoms with Crippen molar-refractivity contribution in [3.63, 3.8) is 0 Å². The number of ether oxygens (including phenoxy) is 1. The number of carbonyl (C=O) groups excluding carboxylic acids is 1. The number of carbonyl (C=O) groups is 1. The van der Waals surface area contributed by atoms with E-state index in [0.717, 1.165) is 12.8 Å². The summed E-state index contributed by atoms with van der Waals surface area (Å²) < 4.78 is 5.67. The molecule has 1 saturated heterocycles. The lowest BCUT2D eigenvalue weighted by Crippen LogP contribution is -2.80. The van der Waals surface area contributed by atoms with E-state index in [4.69, 9.17) is 10.5 Å². The van der Waals surface area contributed by atoms with Crippen molar-refractivity contribution < 1.29 is 14.6 Å². The molecule has 0 radical (unpaired) electrons. The monoisotopic (exact) mass is 270 g/mol. The van der Waals surface area contributed by atoms with Crippen LogP contribution in [-0.4, -0.2) is 41.9 Å². The van der Waals surface area contributed by atoms with Gasteiger partial charge in [-0.05, 0) is 12.8 Å². The molecule has 2 aliphatic rings. The molecule has 0 aromatic heterocycles. The molecule has 4 N–H and O–H groups in total. The van der Waals surface area contributed by atoms with Gasteiger partial charge in [-0.2, -0.15) is 0 Å². The minimum atomic E-state index is -0.875. The van der Waals surface area contributed by atoms with Crippen LogP contribution in [0.4, 0.5) is 0 Å². The maximum Gasteiger partial charge on any atom is 0.241 e. The Morgan fingerprint density at radius 1 is 1.58 bits per heavy atom. The highest BCUT2D eigenvalue weighted by Gasteiger charge is 2.71. The van der Waals surface area contributed by atoms with E-state index >= 15 is 0 Å². The van der Waals surface area contributed by atoms with Crippen LogP contribution in [-0.2, 0) is 9.53 Å². The SMILES string of the molecule is CCCC(O)CNC(=O)C1(N)C2CCOC2C1(C)C. The Labute approximate surface area is 114 Å². The lowest BCUT2D eigenvalue weighted by atomic mass is 9.48. The molecular formula is C14H26N2O3. The predicted octanol–water partition coefficient (Wildman–Crippen LogP) is 0.406. The fourth-order valence-corrected chi connectivity index (χ4v) is 3.64. The number of rotatable bonds is 5. The lowest BCUT2D eigenvalue weighted by Gasteiger charge is -2.60. The first-order valence-corrected chi connectivity index (χ1v) is 7.22. The minimum Gasteiger partial charge on any atom is -0.391 e. The second-order valence-corrected chi connectivity index (χ2v) is 6.43. The zero-order valence-electron chi connectivity index (χ0n) is 12.1. The molecule has 2 fully saturated rings. The fraction of sp³-hybridized carbons (Fsp3) is 0.929. The Hall–Kier alpha value is -0.650. The van der Waals surface area contributed by atoms with E-state index in [9.17, 15) is 9.90 Å². The van der Waals surface area contributed by atoms with E-state index in [-0.39, 0.29) is 29.9 Å². The van der Waals surface area contributed by atoms with Crippen LogP contribution in [0.5, 0.6) is 0 Å². The third kappa shape index (κ3) is 2.08. The van der Waals surface area contributed by atoms with E-state index in [1.54, 1.807) is 0 Å². The van der Waals surface area contributed by atoms with Crippen molar-refractivity contribution in [1.29, 1.82) is 0 Å². The molecule has 1 heterocycles. The van der Waals surface area contributed by atoms with Crippen LogP contribution in [0.3, 0.4) is 0 Å². The third-order valence-electron chi connectivity index (χ3n) is 4.95. The summed E-state index contributed by atoms with van der Waals surface area (Å²) in [5.41, 5.74) is 5.17. The van der Waals surface area contributed by atoms with E-state index in [1.807, 2.05) is 20.8 Å². The van der Waals surface area contributed by atoms with Gasteiger partial charge in [0.15, 0.2) is 0 Å². The molecule has 110 valence electrons. The van der Waals surface area contributed by atoms with Gasteiger partial charge in [-0.1, -0.05) is 27.2 Å². The number of aliphatic hydroxyl groups is 1. The Morgan fingerprint density at radius 2 is 2.26 bits per heavy atom. The zero-order chi connectivity index (χ0) is 14.3. The number of nitrogens with two attached hydrogens (primary N) is 1. The largest absolute Gasteiger partial charge is 0.391 e. The molecule has 0 aromatic rings. The Bertz CT molecular complexity index is 359. The van der Waals surface area contributed by atoms with Crippen molar-refractivity contribution in [2.45, 2.75) is 57.8 Å². The first-order valence-electron chi connectivity index (χ1n) is 7.22. The summed E-state index contributed by atoms with van der Waals surface area (Å²) in [5.74, 6) is -0.0507. The molecule has 19 heavy (non-hydrogen) atoms. The van der Waals surface area contributed by atoms with Crippen LogP contribution in [0.1, 0.15) is 40.0 Å². The van der Waals surface area contributed by atoms with Gasteiger partial charge in [-0.25, -0.2) is 0 Å². The van der Waals surface area contributed by atoms with Crippen LogP contribution in [0.2, 0.25) is 0 Å². The minimum absolute atomic E-state index is 0.0869. The van der Waals surface area contributed by atoms with Gasteiger partial charge in [0.25, 0.3) is 0 Å². The molecule has 1 saturated carbocycles. The van der Waals surface area contributed by atoms with Gasteiger partial charge in [-0.15, -0.1) is 0 Å². The summed E-state index contributed by atoms with van der Waals surface area (Å²) in [5, 5.41) is 12.5. The summed E-state index contributed by atoms with van der Waals surface area (Å²) in [6, 6.07) is 0. The summed E-state index contributed by atoms with van der Waals surface area (Å²) in [7, 11) is 0. The van der Waals surface area contributed by atoms with Crippen LogP contribution in [0.25, 0.3) is 0 Å². The molecule has 0 bridgehead atoms. The van der Waals surface area contributed by atoms with Crippen LogP contribution >= 0.6 is 0 Å². The summed E-state index contributed by atoms with van der Waals surface area (Å²) >= 11 is 0. The van der Waals surface area contributed by atoms with Crippen LogP contribution in [0.15, 0.2) is 0 Å². The quantitative estimate of drug-likeness (QED) is 0.675. The average Bonchev–Trinajstić information content (AvgIpc) is 2.83. The molecule has 0 aromatic carbocycles. The summed E-state index contributed by atoms with van der Waals surface area (Å²) in [6.45, 7) is 6.94.